The molecule has 3 nitrogen and oxygen atoms in total. The van der Waals surface area contributed by atoms with Gasteiger partial charge in [0.05, 0.1) is 0 Å². The normalized spacial score (nSPS) is 8.45. The highest BCUT2D eigenvalue weighted by atomic mass is 35.5. The van der Waals surface area contributed by atoms with Crippen molar-refractivity contribution in [1.82, 2.24) is 14.8 Å². The second-order valence-corrected chi connectivity index (χ2v) is 2.07. The summed E-state index contributed by atoms with van der Waals surface area (Å²) < 4.78 is 1.70. The molecule has 0 saturated heterocycles. The highest BCUT2D eigenvalue weighted by molar-refractivity contribution is 5.85. The lowest BCUT2D eigenvalue weighted by Gasteiger charge is -1.92. The summed E-state index contributed by atoms with van der Waals surface area (Å²) in [7, 11) is 0. The first kappa shape index (κ1) is 9.99. The number of rotatable bonds is 1. The predicted molar refractivity (Wildman–Crippen MR) is 45.6 cm³/mol. The Kier molecular flexibility index (Phi) is 3.63. The van der Waals surface area contributed by atoms with Crippen molar-refractivity contribution in [1.29, 1.82) is 0 Å². The smallest absolute Gasteiger partial charge is 0.147 e. The van der Waals surface area contributed by atoms with Crippen LogP contribution in [0.15, 0.2) is 0 Å². The third-order valence-corrected chi connectivity index (χ3v) is 1.20. The van der Waals surface area contributed by atoms with Gasteiger partial charge in [-0.25, -0.2) is 9.67 Å². The van der Waals surface area contributed by atoms with Crippen LogP contribution in [-0.4, -0.2) is 14.8 Å². The van der Waals surface area contributed by atoms with Gasteiger partial charge in [-0.3, -0.25) is 0 Å². The van der Waals surface area contributed by atoms with Crippen LogP contribution in [0.3, 0.4) is 0 Å². The predicted octanol–water partition coefficient (Wildman–Crippen LogP) is 0.950. The number of hydrogen-bond acceptors (Lipinski definition) is 2. The molecular formula is C7H10ClN3. The van der Waals surface area contributed by atoms with Crippen molar-refractivity contribution in [3.05, 3.63) is 11.6 Å². The molecule has 0 spiro atoms. The fourth-order valence-electron chi connectivity index (χ4n) is 0.798. The summed E-state index contributed by atoms with van der Waals surface area (Å²) in [6.45, 7) is 4.24. The fraction of sp³-hybridized carbons (Fsp3) is 0.429. The second kappa shape index (κ2) is 3.99. The average molecular weight is 172 g/mol. The zero-order valence-electron chi connectivity index (χ0n) is 6.53. The van der Waals surface area contributed by atoms with Crippen LogP contribution >= 0.6 is 12.4 Å². The van der Waals surface area contributed by atoms with E-state index in [-0.39, 0.29) is 12.4 Å². The van der Waals surface area contributed by atoms with Crippen LogP contribution in [0.2, 0.25) is 0 Å². The van der Waals surface area contributed by atoms with Crippen LogP contribution in [0, 0.1) is 26.2 Å². The van der Waals surface area contributed by atoms with E-state index in [1.165, 1.54) is 0 Å². The summed E-state index contributed by atoms with van der Waals surface area (Å²) in [5, 5.41) is 4.06. The van der Waals surface area contributed by atoms with E-state index >= 15 is 0 Å². The molecule has 0 saturated carbocycles. The van der Waals surface area contributed by atoms with Gasteiger partial charge in [0, 0.05) is 0 Å². The number of aryl methyl sites for hydroxylation is 2. The molecule has 0 aliphatic heterocycles. The number of nitrogens with zero attached hydrogens (tertiary/aromatic N) is 3. The Balaban J connectivity index is 0.000001000. The maximum Gasteiger partial charge on any atom is 0.147 e. The number of terminal acetylenes is 1. The van der Waals surface area contributed by atoms with Crippen LogP contribution in [0.1, 0.15) is 11.6 Å². The van der Waals surface area contributed by atoms with E-state index in [2.05, 4.69) is 16.0 Å². The van der Waals surface area contributed by atoms with Crippen LogP contribution in [0.5, 0.6) is 0 Å². The molecule has 1 rings (SSSR count). The lowest BCUT2D eigenvalue weighted by molar-refractivity contribution is 0.681. The number of halogens is 1. The summed E-state index contributed by atoms with van der Waals surface area (Å²) in [5.41, 5.74) is 0. The van der Waals surface area contributed by atoms with E-state index in [1.807, 2.05) is 13.8 Å². The lowest BCUT2D eigenvalue weighted by atomic mass is 10.6. The standard InChI is InChI=1S/C7H9N3.ClH/c1-4-5-10-7(3)8-6(2)9-10;/h1H,5H2,2-3H3;1H. The minimum absolute atomic E-state index is 0. The Morgan fingerprint density at radius 2 is 2.18 bits per heavy atom. The zero-order valence-corrected chi connectivity index (χ0v) is 7.35. The second-order valence-electron chi connectivity index (χ2n) is 2.07. The summed E-state index contributed by atoms with van der Waals surface area (Å²) in [6.07, 6.45) is 5.10. The van der Waals surface area contributed by atoms with Gasteiger partial charge in [0.1, 0.15) is 18.2 Å². The number of hydrogen-bond donors (Lipinski definition) is 0. The van der Waals surface area contributed by atoms with Crippen LogP contribution in [0.25, 0.3) is 0 Å². The van der Waals surface area contributed by atoms with Gasteiger partial charge < -0.3 is 0 Å². The van der Waals surface area contributed by atoms with Gasteiger partial charge in [0.2, 0.25) is 0 Å². The Hall–Kier alpha value is -1.01. The van der Waals surface area contributed by atoms with Crippen molar-refractivity contribution >= 4 is 12.4 Å². The largest absolute Gasteiger partial charge is 0.238 e. The first-order valence-corrected chi connectivity index (χ1v) is 3.05. The third-order valence-electron chi connectivity index (χ3n) is 1.20. The molecule has 11 heavy (non-hydrogen) atoms. The fourth-order valence-corrected chi connectivity index (χ4v) is 0.798. The Labute approximate surface area is 72.2 Å². The molecule has 0 N–H and O–H groups in total. The molecule has 1 aromatic heterocycles. The zero-order chi connectivity index (χ0) is 7.56. The van der Waals surface area contributed by atoms with Crippen molar-refractivity contribution in [3.8, 4) is 12.3 Å². The van der Waals surface area contributed by atoms with E-state index in [0.717, 1.165) is 11.6 Å². The van der Waals surface area contributed by atoms with Gasteiger partial charge in [-0.15, -0.1) is 18.8 Å². The van der Waals surface area contributed by atoms with Crippen LogP contribution < -0.4 is 0 Å². The minimum Gasteiger partial charge on any atom is -0.238 e. The topological polar surface area (TPSA) is 30.7 Å². The molecule has 0 bridgehead atoms. The molecule has 0 radical (unpaired) electrons. The van der Waals surface area contributed by atoms with E-state index in [1.54, 1.807) is 4.68 Å². The van der Waals surface area contributed by atoms with Gasteiger partial charge in [-0.1, -0.05) is 5.92 Å². The SMILES string of the molecule is C#CCn1nc(C)nc1C.Cl. The molecule has 1 aromatic rings. The summed E-state index contributed by atoms with van der Waals surface area (Å²) in [6, 6.07) is 0. The molecule has 0 amide bonds. The Morgan fingerprint density at radius 3 is 2.55 bits per heavy atom. The average Bonchev–Trinajstić information content (AvgIpc) is 2.13. The van der Waals surface area contributed by atoms with Crippen molar-refractivity contribution < 1.29 is 0 Å². The Bertz CT molecular complexity index is 272. The lowest BCUT2D eigenvalue weighted by Crippen LogP contribution is -2.00. The first-order valence-electron chi connectivity index (χ1n) is 3.05. The molecule has 0 atom stereocenters. The highest BCUT2D eigenvalue weighted by Crippen LogP contribution is 1.93. The number of aromatic nitrogens is 3. The maximum absolute atomic E-state index is 5.10. The van der Waals surface area contributed by atoms with Crippen molar-refractivity contribution in [2.24, 2.45) is 0 Å². The molecule has 4 heteroatoms. The third kappa shape index (κ3) is 2.24. The molecule has 60 valence electrons. The van der Waals surface area contributed by atoms with Crippen molar-refractivity contribution in [2.45, 2.75) is 20.4 Å². The maximum atomic E-state index is 5.10. The molecule has 0 unspecified atom stereocenters. The molecule has 0 fully saturated rings. The summed E-state index contributed by atoms with van der Waals surface area (Å²) in [5.74, 6) is 4.14. The minimum atomic E-state index is 0. The van der Waals surface area contributed by atoms with Crippen molar-refractivity contribution in [2.75, 3.05) is 0 Å². The molecule has 0 aliphatic rings. The van der Waals surface area contributed by atoms with Gasteiger partial charge in [-0.05, 0) is 13.8 Å². The highest BCUT2D eigenvalue weighted by Gasteiger charge is 1.98. The van der Waals surface area contributed by atoms with E-state index in [4.69, 9.17) is 6.42 Å². The first-order chi connectivity index (χ1) is 4.74. The monoisotopic (exact) mass is 171 g/mol. The molecule has 1 heterocycles. The Morgan fingerprint density at radius 1 is 1.55 bits per heavy atom. The summed E-state index contributed by atoms with van der Waals surface area (Å²) in [4.78, 5) is 4.09. The van der Waals surface area contributed by atoms with E-state index < -0.39 is 0 Å². The molecular weight excluding hydrogens is 162 g/mol. The van der Waals surface area contributed by atoms with Gasteiger partial charge >= 0.3 is 0 Å². The quantitative estimate of drug-likeness (QED) is 0.589. The van der Waals surface area contributed by atoms with Crippen LogP contribution in [0.4, 0.5) is 0 Å². The van der Waals surface area contributed by atoms with Gasteiger partial charge in [0.25, 0.3) is 0 Å². The van der Waals surface area contributed by atoms with Gasteiger partial charge in [0.15, 0.2) is 0 Å². The van der Waals surface area contributed by atoms with E-state index in [9.17, 15) is 0 Å². The van der Waals surface area contributed by atoms with Gasteiger partial charge in [-0.2, -0.15) is 5.10 Å². The molecule has 0 aliphatic carbocycles. The van der Waals surface area contributed by atoms with Crippen LogP contribution in [-0.2, 0) is 6.54 Å². The van der Waals surface area contributed by atoms with E-state index in [0.29, 0.717) is 6.54 Å². The van der Waals surface area contributed by atoms with Crippen molar-refractivity contribution in [3.63, 3.8) is 0 Å². The molecule has 0 aromatic carbocycles. The summed E-state index contributed by atoms with van der Waals surface area (Å²) >= 11 is 0.